The van der Waals surface area contributed by atoms with Crippen LogP contribution in [0.25, 0.3) is 0 Å². The van der Waals surface area contributed by atoms with E-state index in [2.05, 4.69) is 31.0 Å². The van der Waals surface area contributed by atoms with Crippen LogP contribution in [0.2, 0.25) is 0 Å². The number of hydrogen-bond donors (Lipinski definition) is 0. The van der Waals surface area contributed by atoms with Crippen molar-refractivity contribution in [3.63, 3.8) is 0 Å². The molecule has 0 aliphatic heterocycles. The van der Waals surface area contributed by atoms with Crippen LogP contribution in [0.15, 0.2) is 11.5 Å². The Morgan fingerprint density at radius 3 is 2.67 bits per heavy atom. The molecule has 1 aromatic heterocycles. The van der Waals surface area contributed by atoms with Gasteiger partial charge in [0, 0.05) is 13.0 Å². The summed E-state index contributed by atoms with van der Waals surface area (Å²) in [6, 6.07) is 0. The number of Topliss-reactive ketones (excluding diaryl/α,β-unsaturated/α-hetero) is 1. The van der Waals surface area contributed by atoms with Crippen molar-refractivity contribution in [3.8, 4) is 0 Å². The maximum atomic E-state index is 12.5. The number of fused-ring (bicyclic) bond motifs is 2. The molecule has 4 nitrogen and oxygen atoms in total. The second kappa shape index (κ2) is 3.59. The van der Waals surface area contributed by atoms with Gasteiger partial charge in [0.05, 0.1) is 5.25 Å². The van der Waals surface area contributed by atoms with Gasteiger partial charge in [0.2, 0.25) is 0 Å². The summed E-state index contributed by atoms with van der Waals surface area (Å²) in [5.41, 5.74) is 0.200. The average molecular weight is 265 g/mol. The molecule has 0 unspecified atom stereocenters. The topological polar surface area (TPSA) is 47.8 Å². The van der Waals surface area contributed by atoms with Crippen molar-refractivity contribution in [2.24, 2.45) is 23.8 Å². The van der Waals surface area contributed by atoms with Crippen LogP contribution in [0.1, 0.15) is 33.6 Å². The molecular weight excluding hydrogens is 246 g/mol. The van der Waals surface area contributed by atoms with Crippen LogP contribution in [0.3, 0.4) is 0 Å². The van der Waals surface area contributed by atoms with E-state index in [-0.39, 0.29) is 22.0 Å². The molecule has 2 bridgehead atoms. The Bertz CT molecular complexity index is 510. The molecule has 3 atom stereocenters. The summed E-state index contributed by atoms with van der Waals surface area (Å²) in [5.74, 6) is 0.648. The van der Waals surface area contributed by atoms with E-state index in [0.717, 1.165) is 18.0 Å². The molecule has 0 radical (unpaired) electrons. The Labute approximate surface area is 112 Å². The summed E-state index contributed by atoms with van der Waals surface area (Å²) >= 11 is 1.60. The number of aromatic nitrogens is 3. The largest absolute Gasteiger partial charge is 0.312 e. The highest BCUT2D eigenvalue weighted by molar-refractivity contribution is 8.00. The molecule has 1 heterocycles. The highest BCUT2D eigenvalue weighted by atomic mass is 32.2. The highest BCUT2D eigenvalue weighted by Crippen LogP contribution is 2.67. The number of nitrogens with zero attached hydrogens (tertiary/aromatic N) is 3. The molecular formula is C13H19N3OS. The zero-order valence-corrected chi connectivity index (χ0v) is 12.1. The monoisotopic (exact) mass is 265 g/mol. The number of rotatable bonds is 2. The van der Waals surface area contributed by atoms with Crippen LogP contribution >= 0.6 is 11.8 Å². The third kappa shape index (κ3) is 1.31. The fraction of sp³-hybridized carbons (Fsp3) is 0.769. The van der Waals surface area contributed by atoms with Crippen LogP contribution in [0.4, 0.5) is 0 Å². The number of hydrogen-bond acceptors (Lipinski definition) is 4. The van der Waals surface area contributed by atoms with Crippen molar-refractivity contribution in [3.05, 3.63) is 6.33 Å². The predicted molar refractivity (Wildman–Crippen MR) is 70.3 cm³/mol. The zero-order chi connectivity index (χ0) is 13.1. The summed E-state index contributed by atoms with van der Waals surface area (Å²) in [5, 5.41) is 8.87. The number of carbonyl (C=O) groups excluding carboxylic acids is 1. The van der Waals surface area contributed by atoms with E-state index in [1.54, 1.807) is 18.1 Å². The van der Waals surface area contributed by atoms with Gasteiger partial charge in [-0.3, -0.25) is 4.79 Å². The Morgan fingerprint density at radius 1 is 1.44 bits per heavy atom. The molecule has 0 amide bonds. The average Bonchev–Trinajstić information content (AvgIpc) is 2.82. The first-order chi connectivity index (χ1) is 8.38. The summed E-state index contributed by atoms with van der Waals surface area (Å²) in [6.45, 7) is 6.77. The first-order valence-electron chi connectivity index (χ1n) is 6.42. The number of thioether (sulfide) groups is 1. The van der Waals surface area contributed by atoms with Gasteiger partial charge in [-0.25, -0.2) is 0 Å². The molecule has 2 fully saturated rings. The van der Waals surface area contributed by atoms with Gasteiger partial charge in [-0.2, -0.15) is 0 Å². The van der Waals surface area contributed by atoms with Gasteiger partial charge < -0.3 is 4.57 Å². The lowest BCUT2D eigenvalue weighted by Gasteiger charge is -2.37. The lowest BCUT2D eigenvalue weighted by Crippen LogP contribution is -2.35. The minimum Gasteiger partial charge on any atom is -0.312 e. The Morgan fingerprint density at radius 2 is 2.17 bits per heavy atom. The molecule has 0 N–H and O–H groups in total. The quantitative estimate of drug-likeness (QED) is 0.823. The van der Waals surface area contributed by atoms with Crippen molar-refractivity contribution < 1.29 is 4.79 Å². The van der Waals surface area contributed by atoms with E-state index in [1.807, 2.05) is 11.6 Å². The van der Waals surface area contributed by atoms with Crippen LogP contribution < -0.4 is 0 Å². The third-order valence-electron chi connectivity index (χ3n) is 5.37. The Hall–Kier alpha value is -0.840. The van der Waals surface area contributed by atoms with Gasteiger partial charge in [0.1, 0.15) is 12.1 Å². The fourth-order valence-electron chi connectivity index (χ4n) is 3.66. The molecule has 0 saturated heterocycles. The first-order valence-corrected chi connectivity index (χ1v) is 7.30. The maximum absolute atomic E-state index is 12.5. The summed E-state index contributed by atoms with van der Waals surface area (Å²) < 4.78 is 1.89. The van der Waals surface area contributed by atoms with Crippen molar-refractivity contribution in [2.45, 2.75) is 44.0 Å². The number of aryl methyl sites for hydroxylation is 1. The minimum absolute atomic E-state index is 0.0362. The summed E-state index contributed by atoms with van der Waals surface area (Å²) in [4.78, 5) is 12.5. The molecule has 98 valence electrons. The van der Waals surface area contributed by atoms with Gasteiger partial charge in [-0.1, -0.05) is 32.5 Å². The van der Waals surface area contributed by atoms with Crippen molar-refractivity contribution in [1.29, 1.82) is 0 Å². The van der Waals surface area contributed by atoms with Gasteiger partial charge in [0.25, 0.3) is 0 Å². The molecule has 1 aromatic rings. The molecule has 2 saturated carbocycles. The fourth-order valence-corrected chi connectivity index (χ4v) is 5.14. The molecule has 2 aliphatic carbocycles. The van der Waals surface area contributed by atoms with Gasteiger partial charge in [-0.15, -0.1) is 10.2 Å². The van der Waals surface area contributed by atoms with E-state index in [0.29, 0.717) is 5.78 Å². The normalized spacial score (nSPS) is 37.4. The second-order valence-corrected chi connectivity index (χ2v) is 7.43. The van der Waals surface area contributed by atoms with E-state index in [4.69, 9.17) is 0 Å². The first kappa shape index (κ1) is 12.2. The van der Waals surface area contributed by atoms with Gasteiger partial charge >= 0.3 is 0 Å². The van der Waals surface area contributed by atoms with E-state index < -0.39 is 0 Å². The van der Waals surface area contributed by atoms with Gasteiger partial charge in [0.15, 0.2) is 5.16 Å². The van der Waals surface area contributed by atoms with Crippen LogP contribution in [0.5, 0.6) is 0 Å². The zero-order valence-electron chi connectivity index (χ0n) is 11.3. The van der Waals surface area contributed by atoms with Crippen molar-refractivity contribution in [2.75, 3.05) is 0 Å². The molecule has 18 heavy (non-hydrogen) atoms. The third-order valence-corrected chi connectivity index (χ3v) is 6.94. The Balaban J connectivity index is 1.95. The van der Waals surface area contributed by atoms with Crippen molar-refractivity contribution >= 4 is 17.5 Å². The highest BCUT2D eigenvalue weighted by Gasteiger charge is 2.66. The number of carbonyl (C=O) groups is 1. The molecule has 0 spiro atoms. The van der Waals surface area contributed by atoms with E-state index in [9.17, 15) is 4.79 Å². The van der Waals surface area contributed by atoms with E-state index in [1.165, 1.54) is 0 Å². The molecule has 2 aliphatic rings. The molecule has 0 aromatic carbocycles. The van der Waals surface area contributed by atoms with Gasteiger partial charge in [-0.05, 0) is 23.7 Å². The van der Waals surface area contributed by atoms with Crippen molar-refractivity contribution in [1.82, 2.24) is 14.8 Å². The summed E-state index contributed by atoms with van der Waals surface area (Å²) in [6.07, 6.45) is 3.89. The molecule has 5 heteroatoms. The predicted octanol–water partition coefficient (Wildman–Crippen LogP) is 2.30. The van der Waals surface area contributed by atoms with Crippen LogP contribution in [0, 0.1) is 16.7 Å². The maximum Gasteiger partial charge on any atom is 0.191 e. The van der Waals surface area contributed by atoms with Crippen LogP contribution in [-0.2, 0) is 11.8 Å². The summed E-state index contributed by atoms with van der Waals surface area (Å²) in [7, 11) is 1.92. The standard InChI is InChI=1S/C13H19N3OS/c1-12(2)8-5-6-13(12,3)10(9(8)17)18-11-15-14-7-16(11)4/h7-8,10H,5-6H2,1-4H3/t8-,10-,13+/m1/s1. The second-order valence-electron chi connectivity index (χ2n) is 6.36. The van der Waals surface area contributed by atoms with Crippen LogP contribution in [-0.4, -0.2) is 25.8 Å². The molecule has 3 rings (SSSR count). The smallest absolute Gasteiger partial charge is 0.191 e. The minimum atomic E-state index is 0.0362. The number of ketones is 1. The van der Waals surface area contributed by atoms with E-state index >= 15 is 0 Å². The Kier molecular flexibility index (Phi) is 2.44. The lowest BCUT2D eigenvalue weighted by atomic mass is 9.71. The SMILES string of the molecule is Cn1cnnc1S[C@@H]1C(=O)[C@H]2CC[C@]1(C)C2(C)C. The lowest BCUT2D eigenvalue weighted by molar-refractivity contribution is -0.122.